The highest BCUT2D eigenvalue weighted by Crippen LogP contribution is 2.25. The third kappa shape index (κ3) is 4.30. The molecule has 0 aliphatic carbocycles. The number of thiazole rings is 1. The van der Waals surface area contributed by atoms with Crippen molar-refractivity contribution in [3.05, 3.63) is 64.8 Å². The van der Waals surface area contributed by atoms with Gasteiger partial charge in [0, 0.05) is 12.6 Å². The molecule has 0 bridgehead atoms. The molecule has 0 saturated carbocycles. The predicted molar refractivity (Wildman–Crippen MR) is 101 cm³/mol. The molecule has 6 heteroatoms. The first-order valence-corrected chi connectivity index (χ1v) is 8.56. The summed E-state index contributed by atoms with van der Waals surface area (Å²) in [6.45, 7) is 3.32. The van der Waals surface area contributed by atoms with Crippen LogP contribution >= 0.6 is 11.3 Å². The monoisotopic (exact) mass is 351 g/mol. The van der Waals surface area contributed by atoms with E-state index in [1.165, 1.54) is 6.92 Å². The van der Waals surface area contributed by atoms with Crippen molar-refractivity contribution in [2.24, 2.45) is 0 Å². The van der Waals surface area contributed by atoms with Crippen molar-refractivity contribution in [3.63, 3.8) is 0 Å². The van der Waals surface area contributed by atoms with Gasteiger partial charge in [-0.1, -0.05) is 30.3 Å². The third-order valence-corrected chi connectivity index (χ3v) is 4.35. The molecule has 0 aliphatic heterocycles. The number of benzene rings is 2. The molecular weight excluding hydrogens is 334 g/mol. The van der Waals surface area contributed by atoms with Crippen molar-refractivity contribution in [3.8, 4) is 0 Å². The summed E-state index contributed by atoms with van der Waals surface area (Å²) >= 11 is 1.57. The Kier molecular flexibility index (Phi) is 4.90. The number of nitrogens with zero attached hydrogens (tertiary/aromatic N) is 1. The van der Waals surface area contributed by atoms with E-state index in [0.29, 0.717) is 5.69 Å². The van der Waals surface area contributed by atoms with Gasteiger partial charge in [-0.05, 0) is 36.8 Å². The average molecular weight is 351 g/mol. The van der Waals surface area contributed by atoms with Crippen LogP contribution < -0.4 is 10.6 Å². The number of rotatable bonds is 4. The second-order valence-corrected chi connectivity index (χ2v) is 6.75. The van der Waals surface area contributed by atoms with E-state index < -0.39 is 0 Å². The first kappa shape index (κ1) is 16.9. The van der Waals surface area contributed by atoms with Gasteiger partial charge in [0.25, 0.3) is 5.91 Å². The van der Waals surface area contributed by atoms with Gasteiger partial charge in [-0.2, -0.15) is 0 Å². The number of aryl methyl sites for hydroxylation is 1. The summed E-state index contributed by atoms with van der Waals surface area (Å²) in [6, 6.07) is 14.9. The van der Waals surface area contributed by atoms with E-state index in [1.807, 2.05) is 49.4 Å². The molecule has 2 amide bonds. The SMILES string of the molecule is CC(=O)N/C(=C\c1ccccc1)C(=O)Nc1ccc2nc(C)sc2c1. The van der Waals surface area contributed by atoms with Crippen molar-refractivity contribution in [1.29, 1.82) is 0 Å². The maximum absolute atomic E-state index is 12.6. The topological polar surface area (TPSA) is 71.1 Å². The van der Waals surface area contributed by atoms with Gasteiger partial charge in [0.05, 0.1) is 15.2 Å². The van der Waals surface area contributed by atoms with Gasteiger partial charge in [0.1, 0.15) is 5.70 Å². The molecule has 3 aromatic rings. The van der Waals surface area contributed by atoms with Crippen LogP contribution in [0, 0.1) is 6.92 Å². The van der Waals surface area contributed by atoms with Gasteiger partial charge in [-0.3, -0.25) is 9.59 Å². The Morgan fingerprint density at radius 2 is 1.88 bits per heavy atom. The van der Waals surface area contributed by atoms with Gasteiger partial charge in [-0.15, -0.1) is 11.3 Å². The molecule has 0 aliphatic rings. The highest BCUT2D eigenvalue weighted by molar-refractivity contribution is 7.18. The molecule has 1 heterocycles. The second kappa shape index (κ2) is 7.27. The van der Waals surface area contributed by atoms with Gasteiger partial charge in [-0.25, -0.2) is 4.98 Å². The summed E-state index contributed by atoms with van der Waals surface area (Å²) < 4.78 is 1.00. The number of anilines is 1. The van der Waals surface area contributed by atoms with Gasteiger partial charge in [0.2, 0.25) is 5.91 Å². The Hall–Kier alpha value is -2.99. The first-order valence-electron chi connectivity index (χ1n) is 7.74. The quantitative estimate of drug-likeness (QED) is 0.704. The highest BCUT2D eigenvalue weighted by Gasteiger charge is 2.12. The molecule has 0 radical (unpaired) electrons. The number of carbonyl (C=O) groups excluding carboxylic acids is 2. The Labute approximate surface area is 149 Å². The smallest absolute Gasteiger partial charge is 0.272 e. The lowest BCUT2D eigenvalue weighted by atomic mass is 10.2. The van der Waals surface area contributed by atoms with Crippen LogP contribution in [0.1, 0.15) is 17.5 Å². The fraction of sp³-hybridized carbons (Fsp3) is 0.105. The summed E-state index contributed by atoms with van der Waals surface area (Å²) in [5, 5.41) is 6.39. The zero-order valence-electron chi connectivity index (χ0n) is 13.9. The van der Waals surface area contributed by atoms with Crippen LogP contribution in [0.2, 0.25) is 0 Å². The van der Waals surface area contributed by atoms with E-state index in [2.05, 4.69) is 15.6 Å². The molecule has 25 heavy (non-hydrogen) atoms. The molecule has 0 saturated heterocycles. The Morgan fingerprint density at radius 1 is 1.12 bits per heavy atom. The molecule has 0 unspecified atom stereocenters. The molecular formula is C19H17N3O2S. The van der Waals surface area contributed by atoms with Gasteiger partial charge >= 0.3 is 0 Å². The van der Waals surface area contributed by atoms with Crippen molar-refractivity contribution in [2.45, 2.75) is 13.8 Å². The Bertz CT molecular complexity index is 961. The number of aromatic nitrogens is 1. The molecule has 0 atom stereocenters. The Morgan fingerprint density at radius 3 is 2.60 bits per heavy atom. The zero-order chi connectivity index (χ0) is 17.8. The predicted octanol–water partition coefficient (Wildman–Crippen LogP) is 3.72. The van der Waals surface area contributed by atoms with Crippen LogP contribution in [-0.2, 0) is 9.59 Å². The number of nitrogens with one attached hydrogen (secondary N) is 2. The van der Waals surface area contributed by atoms with E-state index in [0.717, 1.165) is 20.8 Å². The molecule has 1 aromatic heterocycles. The molecule has 2 aromatic carbocycles. The van der Waals surface area contributed by atoms with Crippen molar-refractivity contribution in [2.75, 3.05) is 5.32 Å². The van der Waals surface area contributed by atoms with Gasteiger partial charge < -0.3 is 10.6 Å². The van der Waals surface area contributed by atoms with Gasteiger partial charge in [0.15, 0.2) is 0 Å². The molecule has 5 nitrogen and oxygen atoms in total. The third-order valence-electron chi connectivity index (χ3n) is 3.42. The lowest BCUT2D eigenvalue weighted by Gasteiger charge is -2.10. The molecule has 0 fully saturated rings. The Balaban J connectivity index is 1.86. The van der Waals surface area contributed by atoms with E-state index >= 15 is 0 Å². The lowest BCUT2D eigenvalue weighted by molar-refractivity contribution is -0.120. The molecule has 126 valence electrons. The maximum atomic E-state index is 12.6. The minimum Gasteiger partial charge on any atom is -0.322 e. The fourth-order valence-electron chi connectivity index (χ4n) is 2.38. The highest BCUT2D eigenvalue weighted by atomic mass is 32.1. The van der Waals surface area contributed by atoms with Crippen LogP contribution in [0.15, 0.2) is 54.2 Å². The summed E-state index contributed by atoms with van der Waals surface area (Å²) in [5.41, 5.74) is 2.59. The van der Waals surface area contributed by atoms with Crippen LogP contribution in [0.4, 0.5) is 5.69 Å². The average Bonchev–Trinajstić information content (AvgIpc) is 2.94. The number of hydrogen-bond donors (Lipinski definition) is 2. The maximum Gasteiger partial charge on any atom is 0.272 e. The minimum absolute atomic E-state index is 0.194. The van der Waals surface area contributed by atoms with Crippen LogP contribution in [-0.4, -0.2) is 16.8 Å². The largest absolute Gasteiger partial charge is 0.322 e. The molecule has 2 N–H and O–H groups in total. The first-order chi connectivity index (χ1) is 12.0. The number of hydrogen-bond acceptors (Lipinski definition) is 4. The fourth-order valence-corrected chi connectivity index (χ4v) is 3.25. The summed E-state index contributed by atoms with van der Waals surface area (Å²) in [7, 11) is 0. The number of fused-ring (bicyclic) bond motifs is 1. The minimum atomic E-state index is -0.375. The summed E-state index contributed by atoms with van der Waals surface area (Å²) in [5.74, 6) is -0.675. The molecule has 0 spiro atoms. The summed E-state index contributed by atoms with van der Waals surface area (Å²) in [4.78, 5) is 28.4. The van der Waals surface area contributed by atoms with E-state index in [1.54, 1.807) is 23.5 Å². The standard InChI is InChI=1S/C19H17N3O2S/c1-12(23)20-17(10-14-6-4-3-5-7-14)19(24)22-15-8-9-16-18(11-15)25-13(2)21-16/h3-11H,1-2H3,(H,20,23)(H,22,24)/b17-10-. The van der Waals surface area contributed by atoms with Crippen molar-refractivity contribution < 1.29 is 9.59 Å². The van der Waals surface area contributed by atoms with E-state index in [9.17, 15) is 9.59 Å². The van der Waals surface area contributed by atoms with E-state index in [4.69, 9.17) is 0 Å². The van der Waals surface area contributed by atoms with Crippen LogP contribution in [0.3, 0.4) is 0 Å². The lowest BCUT2D eigenvalue weighted by Crippen LogP contribution is -2.28. The van der Waals surface area contributed by atoms with Crippen molar-refractivity contribution >= 4 is 45.1 Å². The van der Waals surface area contributed by atoms with Crippen LogP contribution in [0.5, 0.6) is 0 Å². The van der Waals surface area contributed by atoms with Crippen molar-refractivity contribution in [1.82, 2.24) is 10.3 Å². The van der Waals surface area contributed by atoms with Crippen LogP contribution in [0.25, 0.3) is 16.3 Å². The van der Waals surface area contributed by atoms with E-state index in [-0.39, 0.29) is 17.5 Å². The zero-order valence-corrected chi connectivity index (χ0v) is 14.7. The second-order valence-electron chi connectivity index (χ2n) is 5.52. The normalized spacial score (nSPS) is 11.4. The number of carbonyl (C=O) groups is 2. The number of amides is 2. The molecule has 3 rings (SSSR count). The summed E-state index contributed by atoms with van der Waals surface area (Å²) in [6.07, 6.45) is 1.64.